The Kier molecular flexibility index (Phi) is 3.94. The van der Waals surface area contributed by atoms with Crippen molar-refractivity contribution in [1.29, 1.82) is 0 Å². The number of hydrogen-bond acceptors (Lipinski definition) is 2. The van der Waals surface area contributed by atoms with E-state index in [9.17, 15) is 4.79 Å². The Labute approximate surface area is 101 Å². The average molecular weight is 231 g/mol. The molecule has 0 saturated heterocycles. The van der Waals surface area contributed by atoms with E-state index < -0.39 is 5.97 Å². The van der Waals surface area contributed by atoms with E-state index in [1.54, 1.807) is 0 Å². The van der Waals surface area contributed by atoms with Crippen LogP contribution in [0.3, 0.4) is 0 Å². The van der Waals surface area contributed by atoms with Gasteiger partial charge in [0.15, 0.2) is 0 Å². The summed E-state index contributed by atoms with van der Waals surface area (Å²) in [7, 11) is 0. The highest BCUT2D eigenvalue weighted by Crippen LogP contribution is 2.18. The molecule has 90 valence electrons. The lowest BCUT2D eigenvalue weighted by Gasteiger charge is -2.20. The van der Waals surface area contributed by atoms with Gasteiger partial charge in [-0.3, -0.25) is 0 Å². The molecule has 1 aliphatic rings. The second-order valence-corrected chi connectivity index (χ2v) is 4.36. The van der Waals surface area contributed by atoms with Gasteiger partial charge in [-0.25, -0.2) is 4.79 Å². The van der Waals surface area contributed by atoms with E-state index in [4.69, 9.17) is 5.11 Å². The van der Waals surface area contributed by atoms with Gasteiger partial charge in [0.2, 0.25) is 0 Å². The van der Waals surface area contributed by atoms with Crippen LogP contribution >= 0.6 is 0 Å². The molecule has 1 aromatic rings. The van der Waals surface area contributed by atoms with Gasteiger partial charge in [0, 0.05) is 18.2 Å². The van der Waals surface area contributed by atoms with Crippen LogP contribution in [-0.4, -0.2) is 17.1 Å². The van der Waals surface area contributed by atoms with Gasteiger partial charge in [-0.05, 0) is 24.8 Å². The van der Waals surface area contributed by atoms with Crippen LogP contribution in [0.5, 0.6) is 0 Å². The SMILES string of the molecule is O=C(O)C1=CC(NCc2ccccc2)CCC1. The minimum Gasteiger partial charge on any atom is -0.478 e. The molecule has 0 saturated carbocycles. The molecule has 3 heteroatoms. The largest absolute Gasteiger partial charge is 0.478 e. The Balaban J connectivity index is 1.91. The fraction of sp³-hybridized carbons (Fsp3) is 0.357. The van der Waals surface area contributed by atoms with Gasteiger partial charge in [-0.1, -0.05) is 36.4 Å². The molecule has 0 fully saturated rings. The summed E-state index contributed by atoms with van der Waals surface area (Å²) in [6.07, 6.45) is 4.52. The molecule has 0 spiro atoms. The second-order valence-electron chi connectivity index (χ2n) is 4.36. The maximum absolute atomic E-state index is 10.9. The number of rotatable bonds is 4. The quantitative estimate of drug-likeness (QED) is 0.836. The Bertz CT molecular complexity index is 411. The van der Waals surface area contributed by atoms with E-state index in [0.29, 0.717) is 12.0 Å². The highest BCUT2D eigenvalue weighted by molar-refractivity contribution is 5.86. The van der Waals surface area contributed by atoms with Gasteiger partial charge < -0.3 is 10.4 Å². The predicted octanol–water partition coefficient (Wildman–Crippen LogP) is 2.34. The maximum Gasteiger partial charge on any atom is 0.331 e. The Hall–Kier alpha value is -1.61. The van der Waals surface area contributed by atoms with E-state index in [-0.39, 0.29) is 6.04 Å². The van der Waals surface area contributed by atoms with Crippen molar-refractivity contribution in [3.05, 3.63) is 47.5 Å². The third kappa shape index (κ3) is 3.43. The summed E-state index contributed by atoms with van der Waals surface area (Å²) >= 11 is 0. The van der Waals surface area contributed by atoms with Crippen molar-refractivity contribution in [3.63, 3.8) is 0 Å². The third-order valence-electron chi connectivity index (χ3n) is 3.05. The Morgan fingerprint density at radius 3 is 2.82 bits per heavy atom. The Morgan fingerprint density at radius 1 is 1.35 bits per heavy atom. The van der Waals surface area contributed by atoms with Crippen LogP contribution in [0.2, 0.25) is 0 Å². The first-order valence-electron chi connectivity index (χ1n) is 5.97. The number of carboxylic acids is 1. The fourth-order valence-corrected chi connectivity index (χ4v) is 2.11. The van der Waals surface area contributed by atoms with Crippen molar-refractivity contribution in [1.82, 2.24) is 5.32 Å². The van der Waals surface area contributed by atoms with Crippen LogP contribution in [0.4, 0.5) is 0 Å². The summed E-state index contributed by atoms with van der Waals surface area (Å²) in [5, 5.41) is 12.3. The number of nitrogens with one attached hydrogen (secondary N) is 1. The monoisotopic (exact) mass is 231 g/mol. The van der Waals surface area contributed by atoms with Crippen LogP contribution in [0.25, 0.3) is 0 Å². The van der Waals surface area contributed by atoms with E-state index in [0.717, 1.165) is 19.4 Å². The lowest BCUT2D eigenvalue weighted by Crippen LogP contribution is -2.29. The molecular formula is C14H17NO2. The van der Waals surface area contributed by atoms with Gasteiger partial charge >= 0.3 is 5.97 Å². The van der Waals surface area contributed by atoms with Crippen LogP contribution in [-0.2, 0) is 11.3 Å². The molecule has 0 aromatic heterocycles. The summed E-state index contributed by atoms with van der Waals surface area (Å²) in [4.78, 5) is 10.9. The van der Waals surface area contributed by atoms with Crippen LogP contribution < -0.4 is 5.32 Å². The minimum absolute atomic E-state index is 0.190. The molecule has 1 atom stereocenters. The molecule has 2 rings (SSSR count). The molecule has 0 amide bonds. The smallest absolute Gasteiger partial charge is 0.331 e. The van der Waals surface area contributed by atoms with Crippen molar-refractivity contribution < 1.29 is 9.90 Å². The molecule has 2 N–H and O–H groups in total. The van der Waals surface area contributed by atoms with Crippen molar-refractivity contribution in [3.8, 4) is 0 Å². The summed E-state index contributed by atoms with van der Waals surface area (Å²) in [5.41, 5.74) is 1.77. The maximum atomic E-state index is 10.9. The lowest BCUT2D eigenvalue weighted by molar-refractivity contribution is -0.132. The van der Waals surface area contributed by atoms with Gasteiger partial charge in [-0.2, -0.15) is 0 Å². The Morgan fingerprint density at radius 2 is 2.12 bits per heavy atom. The topological polar surface area (TPSA) is 49.3 Å². The number of aliphatic carboxylic acids is 1. The van der Waals surface area contributed by atoms with Crippen LogP contribution in [0.1, 0.15) is 24.8 Å². The zero-order valence-electron chi connectivity index (χ0n) is 9.73. The van der Waals surface area contributed by atoms with E-state index in [2.05, 4.69) is 17.4 Å². The van der Waals surface area contributed by atoms with Crippen molar-refractivity contribution in [2.45, 2.75) is 31.8 Å². The molecule has 1 unspecified atom stereocenters. The zero-order valence-corrected chi connectivity index (χ0v) is 9.73. The highest BCUT2D eigenvalue weighted by atomic mass is 16.4. The van der Waals surface area contributed by atoms with Crippen LogP contribution in [0, 0.1) is 0 Å². The number of carboxylic acid groups (broad SMARTS) is 1. The van der Waals surface area contributed by atoms with Crippen molar-refractivity contribution in [2.24, 2.45) is 0 Å². The molecule has 3 nitrogen and oxygen atoms in total. The zero-order chi connectivity index (χ0) is 12.1. The van der Waals surface area contributed by atoms with Gasteiger partial charge in [0.05, 0.1) is 0 Å². The number of benzene rings is 1. The summed E-state index contributed by atoms with van der Waals surface area (Å²) in [6, 6.07) is 10.3. The number of hydrogen-bond donors (Lipinski definition) is 2. The van der Waals surface area contributed by atoms with Crippen molar-refractivity contribution in [2.75, 3.05) is 0 Å². The highest BCUT2D eigenvalue weighted by Gasteiger charge is 2.17. The number of carbonyl (C=O) groups is 1. The first-order chi connectivity index (χ1) is 8.25. The molecular weight excluding hydrogens is 214 g/mol. The third-order valence-corrected chi connectivity index (χ3v) is 3.05. The molecule has 0 aliphatic heterocycles. The molecule has 1 aromatic carbocycles. The summed E-state index contributed by atoms with van der Waals surface area (Å²) < 4.78 is 0. The molecule has 17 heavy (non-hydrogen) atoms. The van der Waals surface area contributed by atoms with E-state index in [1.807, 2.05) is 24.3 Å². The molecule has 0 heterocycles. The minimum atomic E-state index is -0.781. The van der Waals surface area contributed by atoms with Crippen LogP contribution in [0.15, 0.2) is 42.0 Å². The van der Waals surface area contributed by atoms with Gasteiger partial charge in [0.1, 0.15) is 0 Å². The summed E-state index contributed by atoms with van der Waals surface area (Å²) in [6.45, 7) is 0.787. The average Bonchev–Trinajstić information content (AvgIpc) is 2.38. The van der Waals surface area contributed by atoms with Gasteiger partial charge in [-0.15, -0.1) is 0 Å². The molecule has 1 aliphatic carbocycles. The van der Waals surface area contributed by atoms with E-state index in [1.165, 1.54) is 5.56 Å². The predicted molar refractivity (Wildman–Crippen MR) is 66.6 cm³/mol. The lowest BCUT2D eigenvalue weighted by atomic mass is 9.95. The second kappa shape index (κ2) is 5.64. The van der Waals surface area contributed by atoms with Gasteiger partial charge in [0.25, 0.3) is 0 Å². The first-order valence-corrected chi connectivity index (χ1v) is 5.97. The van der Waals surface area contributed by atoms with E-state index >= 15 is 0 Å². The van der Waals surface area contributed by atoms with Crippen molar-refractivity contribution >= 4 is 5.97 Å². The summed E-state index contributed by atoms with van der Waals surface area (Å²) in [5.74, 6) is -0.781. The molecule has 0 radical (unpaired) electrons. The first kappa shape index (κ1) is 11.9. The molecule has 0 bridgehead atoms. The fourth-order valence-electron chi connectivity index (χ4n) is 2.11. The normalized spacial score (nSPS) is 19.8. The standard InChI is InChI=1S/C14H17NO2/c16-14(17)12-7-4-8-13(9-12)15-10-11-5-2-1-3-6-11/h1-3,5-6,9,13,15H,4,7-8,10H2,(H,16,17).